The first-order valence-corrected chi connectivity index (χ1v) is 28.7. The first-order valence-electron chi connectivity index (χ1n) is 28.7. The molecule has 0 heterocycles. The van der Waals surface area contributed by atoms with E-state index >= 15 is 0 Å². The Morgan fingerprint density at radius 1 is 0.354 bits per heavy atom. The second-order valence-corrected chi connectivity index (χ2v) is 21.4. The van der Waals surface area contributed by atoms with Crippen molar-refractivity contribution in [3.63, 3.8) is 0 Å². The zero-order valence-corrected chi connectivity index (χ0v) is 54.9. The summed E-state index contributed by atoms with van der Waals surface area (Å²) >= 11 is 0. The Bertz CT molecular complexity index is 3680. The number of methoxy groups -OCH3 is 2. The molecule has 6 N–H and O–H groups in total. The number of nitrogens with one attached hydrogen (secondary N) is 6. The van der Waals surface area contributed by atoms with Gasteiger partial charge in [0.25, 0.3) is 0 Å². The Labute approximate surface area is 549 Å². The Balaban J connectivity index is 0.000000502. The minimum atomic E-state index is -1.60. The number of Topliss-reactive ketones (excluding diaryl/α,β-unsaturated/α-hetero) is 2. The number of ether oxygens (including phenoxy) is 10. The number of rotatable bonds is 30. The van der Waals surface area contributed by atoms with Crippen LogP contribution < -0.4 is 70.2 Å². The molecule has 0 bridgehead atoms. The monoisotopic (exact) mass is 1340 g/mol. The highest BCUT2D eigenvalue weighted by atomic mass is 16.6. The van der Waals surface area contributed by atoms with Gasteiger partial charge in [-0.05, 0) is 111 Å². The predicted octanol–water partition coefficient (Wildman–Crippen LogP) is 2.38. The number of hydrogen-bond donors (Lipinski definition) is 6. The first-order chi connectivity index (χ1) is 44.8. The summed E-state index contributed by atoms with van der Waals surface area (Å²) in [5, 5.41) is 4.88. The number of ketones is 2. The molecule has 32 heteroatoms. The highest BCUT2D eigenvalue weighted by molar-refractivity contribution is 6.00. The molecule has 0 spiro atoms. The van der Waals surface area contributed by atoms with Crippen LogP contribution in [0, 0.1) is 0 Å². The number of hydrogen-bond acceptors (Lipinski definition) is 28. The van der Waals surface area contributed by atoms with Crippen LogP contribution in [0.1, 0.15) is 118 Å². The second-order valence-electron chi connectivity index (χ2n) is 21.4. The van der Waals surface area contributed by atoms with Crippen molar-refractivity contribution in [2.45, 2.75) is 145 Å². The first kappa shape index (κ1) is 79.0. The lowest BCUT2D eigenvalue weighted by atomic mass is 9.89. The maximum absolute atomic E-state index is 12.8. The van der Waals surface area contributed by atoms with E-state index in [9.17, 15) is 76.7 Å². The zero-order valence-electron chi connectivity index (χ0n) is 54.9. The van der Waals surface area contributed by atoms with Gasteiger partial charge in [-0.25, -0.2) is 20.4 Å². The van der Waals surface area contributed by atoms with E-state index in [2.05, 4.69) is 32.3 Å². The minimum absolute atomic E-state index is 0.00548. The molecular weight excluding hydrogens is 1270 g/mol. The Hall–Kier alpha value is -11.3. The predicted molar refractivity (Wildman–Crippen MR) is 329 cm³/mol. The molecule has 0 saturated heterocycles. The summed E-state index contributed by atoms with van der Waals surface area (Å²) in [6, 6.07) is 14.7. The fourth-order valence-electron chi connectivity index (χ4n) is 8.43. The molecule has 4 unspecified atom stereocenters. The lowest BCUT2D eigenvalue weighted by molar-refractivity contribution is -0.149. The summed E-state index contributed by atoms with van der Waals surface area (Å²) in [5.41, 5.74) is 8.56. The van der Waals surface area contributed by atoms with Crippen LogP contribution in [0.3, 0.4) is 0 Å². The van der Waals surface area contributed by atoms with Crippen molar-refractivity contribution < 1.29 is 124 Å². The van der Waals surface area contributed by atoms with Crippen LogP contribution >= 0.6 is 0 Å². The normalized spacial score (nSPS) is 12.3. The molecule has 0 aliphatic rings. The van der Waals surface area contributed by atoms with Crippen molar-refractivity contribution in [2.24, 2.45) is 0 Å². The van der Waals surface area contributed by atoms with Crippen LogP contribution in [0.2, 0.25) is 0 Å². The molecule has 0 radical (unpaired) electrons. The van der Waals surface area contributed by atoms with Crippen molar-refractivity contribution >= 4 is 94.9 Å². The molecule has 4 aromatic rings. The molecule has 96 heavy (non-hydrogen) atoms. The van der Waals surface area contributed by atoms with E-state index in [0.29, 0.717) is 22.3 Å². The SMILES string of the molecule is COC(=O)C(C)(Cc1ccc(OC(C)=O)c(OC(C)=O)c1)NNC(=O)CC(=O)NNC(C)(Cc1ccc(OC(C)=O)c(OC(C)=O)c1)C(C)=O.COC(=O)C(Cc1ccc(OC(C)=O)c(OC(C)=O)c1)NC(=O)CC(=O)NC(Cc1ccc(OC(C)=O)c(OC(C)=O)c1)C(C)=O. The van der Waals surface area contributed by atoms with Gasteiger partial charge in [0.2, 0.25) is 23.6 Å². The molecule has 4 rings (SSSR count). The van der Waals surface area contributed by atoms with Gasteiger partial charge in [0.05, 0.1) is 25.8 Å². The van der Waals surface area contributed by atoms with Crippen LogP contribution in [-0.4, -0.2) is 132 Å². The number of hydrazine groups is 2. The fourth-order valence-corrected chi connectivity index (χ4v) is 8.43. The molecule has 4 atom stereocenters. The second kappa shape index (κ2) is 36.8. The van der Waals surface area contributed by atoms with Gasteiger partial charge in [-0.1, -0.05) is 24.3 Å². The molecular formula is C64H74N6O26. The van der Waals surface area contributed by atoms with Gasteiger partial charge in [0.1, 0.15) is 24.4 Å². The highest BCUT2D eigenvalue weighted by Gasteiger charge is 2.37. The number of benzene rings is 4. The lowest BCUT2D eigenvalue weighted by Crippen LogP contribution is -2.60. The maximum Gasteiger partial charge on any atom is 0.328 e. The molecule has 0 aliphatic heterocycles. The van der Waals surface area contributed by atoms with E-state index in [1.54, 1.807) is 6.07 Å². The van der Waals surface area contributed by atoms with Crippen LogP contribution in [0.4, 0.5) is 0 Å². The summed E-state index contributed by atoms with van der Waals surface area (Å²) < 4.78 is 50.3. The van der Waals surface area contributed by atoms with Crippen LogP contribution in [0.5, 0.6) is 46.0 Å². The smallest absolute Gasteiger partial charge is 0.328 e. The zero-order chi connectivity index (χ0) is 72.4. The highest BCUT2D eigenvalue weighted by Crippen LogP contribution is 2.34. The molecule has 0 fully saturated rings. The van der Waals surface area contributed by atoms with Gasteiger partial charge in [0, 0.05) is 68.2 Å². The van der Waals surface area contributed by atoms with Crippen molar-refractivity contribution in [3.05, 3.63) is 95.1 Å². The number of amides is 4. The molecule has 32 nitrogen and oxygen atoms in total. The fraction of sp³-hybridized carbons (Fsp3) is 0.375. The molecule has 516 valence electrons. The molecule has 0 aromatic heterocycles. The van der Waals surface area contributed by atoms with E-state index in [4.69, 9.17) is 47.4 Å². The Morgan fingerprint density at radius 2 is 0.635 bits per heavy atom. The van der Waals surface area contributed by atoms with E-state index in [1.807, 2.05) is 0 Å². The Kier molecular flexibility index (Phi) is 30.3. The third-order valence-electron chi connectivity index (χ3n) is 12.7. The molecule has 0 aliphatic carbocycles. The number of carbonyl (C=O) groups is 16. The Morgan fingerprint density at radius 3 is 0.948 bits per heavy atom. The minimum Gasteiger partial charge on any atom is -0.468 e. The van der Waals surface area contributed by atoms with Crippen LogP contribution in [0.25, 0.3) is 0 Å². The van der Waals surface area contributed by atoms with Gasteiger partial charge in [-0.15, -0.1) is 0 Å². The van der Waals surface area contributed by atoms with Gasteiger partial charge in [0.15, 0.2) is 57.6 Å². The molecule has 4 amide bonds. The lowest BCUT2D eigenvalue weighted by Gasteiger charge is -2.29. The van der Waals surface area contributed by atoms with E-state index in [0.717, 1.165) is 48.8 Å². The standard InChI is InChI=1S/C33H40N4O13.C31H34N2O13/c1-18(38)32(6,16-23-9-11-25(47-19(2)39)27(13-23)49-21(4)41)36-34-29(43)15-30(44)35-37-33(7,31(45)46-8)17-24-10-12-26(48-20(3)40)28(14-24)50-22(5)42;1-16(34)23(11-21-7-9-25(43-17(2)35)27(13-21)45-19(4)37)32-29(39)15-30(40)33-24(31(41)42-6)12-22-8-10-26(44-18(3)36)28(14-22)46-20(5)38/h9-14,36-37H,15-17H2,1-8H3,(H,34,43)(H,35,44);7-10,13-14,23-24H,11-12,15H2,1-6H3,(H,32,39)(H,33,40). The van der Waals surface area contributed by atoms with Crippen molar-refractivity contribution in [3.8, 4) is 46.0 Å². The summed E-state index contributed by atoms with van der Waals surface area (Å²) in [7, 11) is 2.24. The summed E-state index contributed by atoms with van der Waals surface area (Å²) in [6.07, 6.45) is -1.86. The average molecular weight is 1340 g/mol. The number of carbonyl (C=O) groups excluding carboxylic acids is 16. The summed E-state index contributed by atoms with van der Waals surface area (Å²) in [5.74, 6) is -11.6. The molecule has 4 aromatic carbocycles. The van der Waals surface area contributed by atoms with Crippen molar-refractivity contribution in [1.29, 1.82) is 0 Å². The molecule has 0 saturated carbocycles. The summed E-state index contributed by atoms with van der Waals surface area (Å²) in [6.45, 7) is 14.7. The maximum atomic E-state index is 12.8. The third kappa shape index (κ3) is 27.1. The quantitative estimate of drug-likeness (QED) is 0.0189. The summed E-state index contributed by atoms with van der Waals surface area (Å²) in [4.78, 5) is 193. The topological polar surface area (TPSA) is 438 Å². The largest absolute Gasteiger partial charge is 0.468 e. The van der Waals surface area contributed by atoms with Crippen molar-refractivity contribution in [2.75, 3.05) is 14.2 Å². The van der Waals surface area contributed by atoms with E-state index in [1.165, 1.54) is 115 Å². The van der Waals surface area contributed by atoms with Crippen LogP contribution in [-0.2, 0) is 112 Å². The van der Waals surface area contributed by atoms with Gasteiger partial charge < -0.3 is 58.0 Å². The van der Waals surface area contributed by atoms with Crippen LogP contribution in [0.15, 0.2) is 72.8 Å². The van der Waals surface area contributed by atoms with Crippen molar-refractivity contribution in [1.82, 2.24) is 32.3 Å². The van der Waals surface area contributed by atoms with Gasteiger partial charge in [-0.3, -0.25) is 78.0 Å². The average Bonchev–Trinajstić information content (AvgIpc) is 0.846. The van der Waals surface area contributed by atoms with Gasteiger partial charge >= 0.3 is 59.7 Å². The van der Waals surface area contributed by atoms with E-state index < -0.39 is 131 Å². The third-order valence-corrected chi connectivity index (χ3v) is 12.7. The van der Waals surface area contributed by atoms with Gasteiger partial charge in [-0.2, -0.15) is 0 Å². The van der Waals surface area contributed by atoms with E-state index in [-0.39, 0.29) is 71.7 Å². The number of esters is 10.